The van der Waals surface area contributed by atoms with Crippen LogP contribution in [0.25, 0.3) is 0 Å². The Morgan fingerprint density at radius 3 is 2.96 bits per heavy atom. The monoisotopic (exact) mass is 356 g/mol. The van der Waals surface area contributed by atoms with E-state index >= 15 is 0 Å². The largest absolute Gasteiger partial charge is 0.373 e. The molecule has 0 aromatic carbocycles. The number of aromatic nitrogens is 2. The van der Waals surface area contributed by atoms with Gasteiger partial charge in [-0.15, -0.1) is 0 Å². The van der Waals surface area contributed by atoms with Gasteiger partial charge >= 0.3 is 6.03 Å². The predicted molar refractivity (Wildman–Crippen MR) is 88.3 cm³/mol. The Morgan fingerprint density at radius 1 is 1.54 bits per heavy atom. The van der Waals surface area contributed by atoms with Crippen molar-refractivity contribution in [2.24, 2.45) is 7.05 Å². The molecular formula is C15H24N4O4S. The highest BCUT2D eigenvalue weighted by Gasteiger charge is 2.37. The van der Waals surface area contributed by atoms with Gasteiger partial charge in [0.25, 0.3) is 0 Å². The molecule has 134 valence electrons. The lowest BCUT2D eigenvalue weighted by molar-refractivity contribution is 0.0215. The maximum absolute atomic E-state index is 12.6. The minimum atomic E-state index is -3.16. The SMILES string of the molecule is Cn1cc(C2CS(=O)(=O)CCN2C(=O)NCC2(C)CCCO2)cn1. The van der Waals surface area contributed by atoms with Crippen molar-refractivity contribution in [3.05, 3.63) is 18.0 Å². The molecular weight excluding hydrogens is 332 g/mol. The van der Waals surface area contributed by atoms with Gasteiger partial charge in [-0.2, -0.15) is 5.10 Å². The Kier molecular flexibility index (Phi) is 4.56. The van der Waals surface area contributed by atoms with Gasteiger partial charge in [0.1, 0.15) is 0 Å². The van der Waals surface area contributed by atoms with Crippen LogP contribution in [0.15, 0.2) is 12.4 Å². The summed E-state index contributed by atoms with van der Waals surface area (Å²) in [6.07, 6.45) is 5.28. The quantitative estimate of drug-likeness (QED) is 0.850. The molecule has 0 saturated carbocycles. The first-order valence-corrected chi connectivity index (χ1v) is 9.98. The second-order valence-electron chi connectivity index (χ2n) is 6.83. The van der Waals surface area contributed by atoms with Crippen LogP contribution >= 0.6 is 0 Å². The second-order valence-corrected chi connectivity index (χ2v) is 9.06. The van der Waals surface area contributed by atoms with Gasteiger partial charge in [-0.05, 0) is 19.8 Å². The van der Waals surface area contributed by atoms with Crippen molar-refractivity contribution in [2.45, 2.75) is 31.4 Å². The molecule has 0 spiro atoms. The molecule has 3 heterocycles. The molecule has 2 amide bonds. The smallest absolute Gasteiger partial charge is 0.318 e. The maximum Gasteiger partial charge on any atom is 0.318 e. The van der Waals surface area contributed by atoms with Gasteiger partial charge in [0, 0.05) is 38.5 Å². The fourth-order valence-electron chi connectivity index (χ4n) is 3.28. The first-order chi connectivity index (χ1) is 11.3. The fourth-order valence-corrected chi connectivity index (χ4v) is 4.77. The normalized spacial score (nSPS) is 29.6. The van der Waals surface area contributed by atoms with E-state index in [1.807, 2.05) is 6.92 Å². The topological polar surface area (TPSA) is 93.5 Å². The molecule has 0 radical (unpaired) electrons. The number of hydrogen-bond donors (Lipinski definition) is 1. The molecule has 8 nitrogen and oxygen atoms in total. The lowest BCUT2D eigenvalue weighted by Crippen LogP contribution is -2.52. The van der Waals surface area contributed by atoms with E-state index in [1.165, 1.54) is 0 Å². The van der Waals surface area contributed by atoms with E-state index in [0.717, 1.165) is 18.4 Å². The third-order valence-corrected chi connectivity index (χ3v) is 6.34. The second kappa shape index (κ2) is 6.36. The summed E-state index contributed by atoms with van der Waals surface area (Å²) in [4.78, 5) is 14.2. The van der Waals surface area contributed by atoms with Gasteiger partial charge in [0.15, 0.2) is 9.84 Å². The zero-order chi connectivity index (χ0) is 17.4. The first-order valence-electron chi connectivity index (χ1n) is 8.15. The van der Waals surface area contributed by atoms with Crippen LogP contribution < -0.4 is 5.32 Å². The average molecular weight is 356 g/mol. The molecule has 0 bridgehead atoms. The van der Waals surface area contributed by atoms with E-state index in [0.29, 0.717) is 13.2 Å². The van der Waals surface area contributed by atoms with E-state index in [2.05, 4.69) is 10.4 Å². The summed E-state index contributed by atoms with van der Waals surface area (Å²) in [6.45, 7) is 3.31. The average Bonchev–Trinajstić information content (AvgIpc) is 3.13. The zero-order valence-electron chi connectivity index (χ0n) is 14.1. The van der Waals surface area contributed by atoms with Crippen molar-refractivity contribution in [2.75, 3.05) is 31.2 Å². The summed E-state index contributed by atoms with van der Waals surface area (Å²) >= 11 is 0. The van der Waals surface area contributed by atoms with E-state index in [-0.39, 0.29) is 29.7 Å². The van der Waals surface area contributed by atoms with Gasteiger partial charge in [0.2, 0.25) is 0 Å². The minimum absolute atomic E-state index is 0.00898. The van der Waals surface area contributed by atoms with Gasteiger partial charge in [0.05, 0.1) is 29.3 Å². The molecule has 3 rings (SSSR count). The summed E-state index contributed by atoms with van der Waals surface area (Å²) in [5.41, 5.74) is 0.403. The van der Waals surface area contributed by atoms with Gasteiger partial charge in [-0.25, -0.2) is 13.2 Å². The Morgan fingerprint density at radius 2 is 2.33 bits per heavy atom. The van der Waals surface area contributed by atoms with E-state index < -0.39 is 15.9 Å². The number of hydrogen-bond acceptors (Lipinski definition) is 5. The molecule has 1 N–H and O–H groups in total. The van der Waals surface area contributed by atoms with Crippen molar-refractivity contribution in [1.82, 2.24) is 20.0 Å². The summed E-state index contributed by atoms with van der Waals surface area (Å²) < 4.78 is 31.3. The maximum atomic E-state index is 12.6. The fraction of sp³-hybridized carbons (Fsp3) is 0.733. The lowest BCUT2D eigenvalue weighted by Gasteiger charge is -2.36. The van der Waals surface area contributed by atoms with Crippen LogP contribution in [0.4, 0.5) is 4.79 Å². The highest BCUT2D eigenvalue weighted by Crippen LogP contribution is 2.27. The number of amides is 2. The Labute approximate surface area is 142 Å². The van der Waals surface area contributed by atoms with Gasteiger partial charge in [-0.3, -0.25) is 4.68 Å². The van der Waals surface area contributed by atoms with Crippen LogP contribution in [-0.2, 0) is 21.6 Å². The number of carbonyl (C=O) groups excluding carboxylic acids is 1. The third-order valence-electron chi connectivity index (χ3n) is 4.72. The molecule has 2 fully saturated rings. The van der Waals surface area contributed by atoms with Gasteiger partial charge < -0.3 is 15.0 Å². The number of urea groups is 1. The van der Waals surface area contributed by atoms with Crippen LogP contribution in [0.5, 0.6) is 0 Å². The van der Waals surface area contributed by atoms with Crippen LogP contribution in [0.1, 0.15) is 31.4 Å². The molecule has 2 aliphatic heterocycles. The number of sulfone groups is 1. The van der Waals surface area contributed by atoms with E-state index in [4.69, 9.17) is 4.74 Å². The van der Waals surface area contributed by atoms with Crippen LogP contribution in [0.3, 0.4) is 0 Å². The van der Waals surface area contributed by atoms with Gasteiger partial charge in [-0.1, -0.05) is 0 Å². The molecule has 2 aliphatic rings. The Bertz CT molecular complexity index is 709. The third kappa shape index (κ3) is 3.72. The molecule has 2 atom stereocenters. The number of carbonyl (C=O) groups is 1. The molecule has 0 aliphatic carbocycles. The Hall–Kier alpha value is -1.61. The molecule has 24 heavy (non-hydrogen) atoms. The molecule has 2 unspecified atom stereocenters. The molecule has 1 aromatic heterocycles. The van der Waals surface area contributed by atoms with Crippen LogP contribution in [0.2, 0.25) is 0 Å². The van der Waals surface area contributed by atoms with Crippen LogP contribution in [0, 0.1) is 0 Å². The van der Waals surface area contributed by atoms with Crippen molar-refractivity contribution in [1.29, 1.82) is 0 Å². The van der Waals surface area contributed by atoms with Crippen molar-refractivity contribution in [3.63, 3.8) is 0 Å². The summed E-state index contributed by atoms with van der Waals surface area (Å²) in [7, 11) is -1.40. The predicted octanol–water partition coefficient (Wildman–Crippen LogP) is 0.470. The molecule has 2 saturated heterocycles. The highest BCUT2D eigenvalue weighted by atomic mass is 32.2. The summed E-state index contributed by atoms with van der Waals surface area (Å²) in [6, 6.07) is -0.759. The number of aryl methyl sites for hydroxylation is 1. The van der Waals surface area contributed by atoms with E-state index in [9.17, 15) is 13.2 Å². The molecule has 1 aromatic rings. The standard InChI is InChI=1S/C15H24N4O4S/c1-15(4-3-6-23-15)11-16-14(20)19-5-7-24(21,22)10-13(19)12-8-17-18(2)9-12/h8-9,13H,3-7,10-11H2,1-2H3,(H,16,20). The summed E-state index contributed by atoms with van der Waals surface area (Å²) in [5.74, 6) is -0.0785. The number of nitrogens with one attached hydrogen (secondary N) is 1. The minimum Gasteiger partial charge on any atom is -0.373 e. The number of nitrogens with zero attached hydrogens (tertiary/aromatic N) is 3. The van der Waals surface area contributed by atoms with Crippen molar-refractivity contribution in [3.8, 4) is 0 Å². The van der Waals surface area contributed by atoms with E-state index in [1.54, 1.807) is 29.0 Å². The highest BCUT2D eigenvalue weighted by molar-refractivity contribution is 7.91. The first kappa shape index (κ1) is 17.2. The van der Waals surface area contributed by atoms with Crippen molar-refractivity contribution < 1.29 is 17.9 Å². The molecule has 9 heteroatoms. The zero-order valence-corrected chi connectivity index (χ0v) is 14.9. The number of ether oxygens (including phenoxy) is 1. The van der Waals surface area contributed by atoms with Crippen molar-refractivity contribution >= 4 is 15.9 Å². The summed E-state index contributed by atoms with van der Waals surface area (Å²) in [5, 5.41) is 7.01. The van der Waals surface area contributed by atoms with Crippen LogP contribution in [-0.4, -0.2) is 65.9 Å². The Balaban J connectivity index is 1.72. The number of rotatable bonds is 3. The lowest BCUT2D eigenvalue weighted by atomic mass is 10.0.